The number of rotatable bonds is 2. The maximum Gasteiger partial charge on any atom is 0.208 e. The van der Waals surface area contributed by atoms with Crippen LogP contribution in [0.25, 0.3) is 33.7 Å². The van der Waals surface area contributed by atoms with Crippen LogP contribution in [0.1, 0.15) is 25.0 Å². The van der Waals surface area contributed by atoms with E-state index < -0.39 is 0 Å². The predicted molar refractivity (Wildman–Crippen MR) is 95.8 cm³/mol. The summed E-state index contributed by atoms with van der Waals surface area (Å²) in [7, 11) is 0. The number of nitrogens with zero attached hydrogens (tertiary/aromatic N) is 9. The van der Waals surface area contributed by atoms with E-state index in [1.165, 1.54) is 4.68 Å². The van der Waals surface area contributed by atoms with Gasteiger partial charge in [0, 0.05) is 11.3 Å². The zero-order valence-corrected chi connectivity index (χ0v) is 14.4. The zero-order chi connectivity index (χ0) is 18.1. The van der Waals surface area contributed by atoms with Crippen LogP contribution >= 0.6 is 0 Å². The van der Waals surface area contributed by atoms with Crippen molar-refractivity contribution >= 4 is 22.2 Å². The molecular weight excluding hydrogens is 342 g/mol. The third-order valence-electron chi connectivity index (χ3n) is 5.38. The quantitative estimate of drug-likeness (QED) is 0.481. The van der Waals surface area contributed by atoms with Gasteiger partial charge in [-0.25, -0.2) is 4.98 Å². The maximum absolute atomic E-state index is 9.55. The lowest BCUT2D eigenvalue weighted by Gasteiger charge is -2.07. The highest BCUT2D eigenvalue weighted by molar-refractivity contribution is 5.94. The van der Waals surface area contributed by atoms with Gasteiger partial charge in [0.15, 0.2) is 11.5 Å². The number of para-hydroxylation sites is 1. The molecule has 130 valence electrons. The van der Waals surface area contributed by atoms with E-state index in [0.717, 1.165) is 28.7 Å². The van der Waals surface area contributed by atoms with Gasteiger partial charge >= 0.3 is 0 Å². The summed E-state index contributed by atoms with van der Waals surface area (Å²) in [6.45, 7) is 2.17. The summed E-state index contributed by atoms with van der Waals surface area (Å²) < 4.78 is 5.16. The molecule has 5 aromatic rings. The second kappa shape index (κ2) is 4.88. The molecule has 1 saturated carbocycles. The standard InChI is InChI=1S/C18H13N9/c1-10-6-12(10)15-16(26(8-19)24-21-15)18-23-22-17-11-4-2-3-5-13(11)25-9-20-7-14(25)27(17)18/h2-5,7,9-10,12H,6H2,1H3. The van der Waals surface area contributed by atoms with Crippen LogP contribution in [-0.2, 0) is 0 Å². The average Bonchev–Trinajstić information content (AvgIpc) is 3.13. The molecule has 2 unspecified atom stereocenters. The lowest BCUT2D eigenvalue weighted by Crippen LogP contribution is -2.02. The molecule has 1 aliphatic rings. The first-order valence-electron chi connectivity index (χ1n) is 8.72. The van der Waals surface area contributed by atoms with Crippen LogP contribution in [0.5, 0.6) is 0 Å². The van der Waals surface area contributed by atoms with Crippen LogP contribution in [0.15, 0.2) is 36.8 Å². The molecule has 2 atom stereocenters. The van der Waals surface area contributed by atoms with Crippen molar-refractivity contribution in [2.75, 3.05) is 0 Å². The molecule has 0 spiro atoms. The number of hydrogen-bond acceptors (Lipinski definition) is 6. The number of aromatic nitrogens is 8. The fraction of sp³-hybridized carbons (Fsp3) is 0.222. The zero-order valence-electron chi connectivity index (χ0n) is 14.4. The number of imidazole rings is 1. The van der Waals surface area contributed by atoms with Gasteiger partial charge in [-0.1, -0.05) is 24.3 Å². The van der Waals surface area contributed by atoms with Crippen molar-refractivity contribution in [1.82, 2.24) is 39.0 Å². The summed E-state index contributed by atoms with van der Waals surface area (Å²) in [4.78, 5) is 4.31. The molecule has 0 radical (unpaired) electrons. The van der Waals surface area contributed by atoms with E-state index in [9.17, 15) is 5.26 Å². The molecule has 6 rings (SSSR count). The van der Waals surface area contributed by atoms with Gasteiger partial charge in [0.25, 0.3) is 0 Å². The van der Waals surface area contributed by atoms with Crippen molar-refractivity contribution in [3.63, 3.8) is 0 Å². The van der Waals surface area contributed by atoms with Gasteiger partial charge < -0.3 is 0 Å². The maximum atomic E-state index is 9.55. The highest BCUT2D eigenvalue weighted by Gasteiger charge is 2.40. The van der Waals surface area contributed by atoms with Gasteiger partial charge in [-0.2, -0.15) is 5.26 Å². The smallest absolute Gasteiger partial charge is 0.208 e. The molecule has 9 nitrogen and oxygen atoms in total. The fourth-order valence-electron chi connectivity index (χ4n) is 3.87. The molecule has 0 bridgehead atoms. The molecule has 1 aliphatic carbocycles. The van der Waals surface area contributed by atoms with Gasteiger partial charge in [0.05, 0.1) is 17.4 Å². The van der Waals surface area contributed by atoms with Crippen LogP contribution in [0.2, 0.25) is 0 Å². The van der Waals surface area contributed by atoms with Crippen molar-refractivity contribution in [1.29, 1.82) is 5.26 Å². The molecule has 9 heteroatoms. The van der Waals surface area contributed by atoms with E-state index in [1.807, 2.05) is 33.1 Å². The Bertz CT molecular complexity index is 1400. The summed E-state index contributed by atoms with van der Waals surface area (Å²) in [5, 5.41) is 27.7. The average molecular weight is 355 g/mol. The molecule has 0 N–H and O–H groups in total. The summed E-state index contributed by atoms with van der Waals surface area (Å²) in [5.74, 6) is 1.39. The van der Waals surface area contributed by atoms with E-state index in [4.69, 9.17) is 0 Å². The first kappa shape index (κ1) is 14.4. The van der Waals surface area contributed by atoms with Crippen LogP contribution in [0.4, 0.5) is 0 Å². The third-order valence-corrected chi connectivity index (χ3v) is 5.38. The van der Waals surface area contributed by atoms with E-state index in [1.54, 1.807) is 12.5 Å². The Labute approximate surface area is 152 Å². The van der Waals surface area contributed by atoms with Crippen molar-refractivity contribution in [3.05, 3.63) is 42.5 Å². The van der Waals surface area contributed by atoms with Crippen molar-refractivity contribution in [2.24, 2.45) is 5.92 Å². The van der Waals surface area contributed by atoms with Gasteiger partial charge in [0.1, 0.15) is 17.7 Å². The number of nitriles is 1. The molecule has 27 heavy (non-hydrogen) atoms. The summed E-state index contributed by atoms with van der Waals surface area (Å²) in [6.07, 6.45) is 6.66. The van der Waals surface area contributed by atoms with E-state index in [2.05, 4.69) is 38.6 Å². The Kier molecular flexibility index (Phi) is 2.60. The lowest BCUT2D eigenvalue weighted by molar-refractivity contribution is 0.803. The Morgan fingerprint density at radius 3 is 2.85 bits per heavy atom. The van der Waals surface area contributed by atoms with Gasteiger partial charge in [-0.15, -0.1) is 20.0 Å². The minimum Gasteiger partial charge on any atom is -0.284 e. The number of fused-ring (bicyclic) bond motifs is 6. The van der Waals surface area contributed by atoms with Crippen LogP contribution in [0, 0.1) is 17.4 Å². The van der Waals surface area contributed by atoms with Crippen LogP contribution < -0.4 is 0 Å². The Morgan fingerprint density at radius 2 is 2.04 bits per heavy atom. The number of benzene rings is 1. The van der Waals surface area contributed by atoms with Crippen molar-refractivity contribution in [2.45, 2.75) is 19.3 Å². The molecule has 1 fully saturated rings. The second-order valence-corrected chi connectivity index (χ2v) is 6.98. The monoisotopic (exact) mass is 355 g/mol. The molecule has 4 aromatic heterocycles. The molecule has 0 saturated heterocycles. The first-order chi connectivity index (χ1) is 13.3. The summed E-state index contributed by atoms with van der Waals surface area (Å²) in [5.41, 5.74) is 3.96. The fourth-order valence-corrected chi connectivity index (χ4v) is 3.87. The normalized spacial score (nSPS) is 19.1. The van der Waals surface area contributed by atoms with Crippen molar-refractivity contribution < 1.29 is 0 Å². The Hall–Kier alpha value is -3.80. The summed E-state index contributed by atoms with van der Waals surface area (Å²) in [6, 6.07) is 7.98. The molecular formula is C18H13N9. The largest absolute Gasteiger partial charge is 0.284 e. The van der Waals surface area contributed by atoms with Gasteiger partial charge in [-0.3, -0.25) is 8.80 Å². The van der Waals surface area contributed by atoms with Gasteiger partial charge in [-0.05, 0) is 24.5 Å². The lowest BCUT2D eigenvalue weighted by atomic mass is 10.2. The van der Waals surface area contributed by atoms with E-state index in [0.29, 0.717) is 29.0 Å². The van der Waals surface area contributed by atoms with Gasteiger partial charge in [0.2, 0.25) is 6.19 Å². The first-order valence-corrected chi connectivity index (χ1v) is 8.72. The van der Waals surface area contributed by atoms with Crippen LogP contribution in [-0.4, -0.2) is 39.0 Å². The predicted octanol–water partition coefficient (Wildman–Crippen LogP) is 2.24. The molecule has 4 heterocycles. The Morgan fingerprint density at radius 1 is 1.19 bits per heavy atom. The van der Waals surface area contributed by atoms with E-state index in [-0.39, 0.29) is 0 Å². The third kappa shape index (κ3) is 1.79. The topological polar surface area (TPSA) is 102 Å². The minimum atomic E-state index is 0.302. The minimum absolute atomic E-state index is 0.302. The Balaban J connectivity index is 1.77. The highest BCUT2D eigenvalue weighted by Crippen LogP contribution is 2.48. The van der Waals surface area contributed by atoms with Crippen LogP contribution in [0.3, 0.4) is 0 Å². The second-order valence-electron chi connectivity index (χ2n) is 6.98. The number of hydrogen-bond donors (Lipinski definition) is 0. The summed E-state index contributed by atoms with van der Waals surface area (Å²) >= 11 is 0. The molecule has 0 aliphatic heterocycles. The van der Waals surface area contributed by atoms with E-state index >= 15 is 0 Å². The van der Waals surface area contributed by atoms with Crippen molar-refractivity contribution in [3.8, 4) is 17.7 Å². The SMILES string of the molecule is CC1CC1c1nnn(C#N)c1-c1nnc2c3ccccc3n3cncc3n12. The molecule has 0 amide bonds. The molecule has 1 aromatic carbocycles. The highest BCUT2D eigenvalue weighted by atomic mass is 15.4.